The number of aromatic carboxylic acids is 1. The fourth-order valence-electron chi connectivity index (χ4n) is 6.68. The van der Waals surface area contributed by atoms with Crippen LogP contribution >= 0.6 is 0 Å². The summed E-state index contributed by atoms with van der Waals surface area (Å²) in [5, 5.41) is 9.61. The third-order valence-corrected chi connectivity index (χ3v) is 10.8. The van der Waals surface area contributed by atoms with Crippen LogP contribution in [0.3, 0.4) is 0 Å². The van der Waals surface area contributed by atoms with E-state index in [2.05, 4.69) is 41.5 Å². The van der Waals surface area contributed by atoms with E-state index in [9.17, 15) is 26.7 Å². The molecule has 2 aliphatic rings. The minimum Gasteiger partial charge on any atom is -0.478 e. The van der Waals surface area contributed by atoms with Crippen LogP contribution in [0.4, 0.5) is 11.4 Å². The van der Waals surface area contributed by atoms with E-state index in [0.717, 1.165) is 33.9 Å². The summed E-state index contributed by atoms with van der Waals surface area (Å²) >= 11 is 0. The fraction of sp³-hybridized carbons (Fsp3) is 0.405. The first-order chi connectivity index (χ1) is 22.8. The third-order valence-electron chi connectivity index (χ3n) is 9.23. The number of carboxylic acid groups (broad SMARTS) is 1. The van der Waals surface area contributed by atoms with Crippen molar-refractivity contribution < 1.29 is 40.4 Å². The zero-order valence-corrected chi connectivity index (χ0v) is 30.4. The number of carbonyl (C=O) groups is 1. The molecule has 0 aliphatic carbocycles. The average molecular weight is 712 g/mol. The van der Waals surface area contributed by atoms with E-state index in [1.807, 2.05) is 63.3 Å². The van der Waals surface area contributed by atoms with Crippen molar-refractivity contribution in [3.63, 3.8) is 0 Å². The molecule has 49 heavy (non-hydrogen) atoms. The van der Waals surface area contributed by atoms with Gasteiger partial charge in [-0.05, 0) is 69.9 Å². The van der Waals surface area contributed by atoms with Crippen molar-refractivity contribution >= 4 is 43.3 Å². The molecule has 0 saturated heterocycles. The predicted octanol–water partition coefficient (Wildman–Crippen LogP) is 6.84. The largest absolute Gasteiger partial charge is 0.478 e. The number of para-hydroxylation sites is 1. The van der Waals surface area contributed by atoms with Gasteiger partial charge in [0.05, 0.1) is 22.5 Å². The number of fused-ring (bicyclic) bond motifs is 2. The normalized spacial score (nSPS) is 18.2. The van der Waals surface area contributed by atoms with Gasteiger partial charge in [-0.15, -0.1) is 0 Å². The molecule has 0 unspecified atom stereocenters. The lowest BCUT2D eigenvalue weighted by Crippen LogP contribution is -2.28. The van der Waals surface area contributed by atoms with Crippen LogP contribution < -0.4 is 4.90 Å². The summed E-state index contributed by atoms with van der Waals surface area (Å²) in [4.78, 5) is 13.8. The molecule has 264 valence electrons. The molecule has 4 rings (SSSR count). The maximum Gasteiger partial charge on any atom is 0.335 e. The Balaban J connectivity index is 1.57. The van der Waals surface area contributed by atoms with E-state index in [1.165, 1.54) is 5.56 Å². The number of carboxylic acids is 1. The smallest absolute Gasteiger partial charge is 0.335 e. The molecule has 0 aromatic heterocycles. The van der Waals surface area contributed by atoms with E-state index in [-0.39, 0.29) is 22.5 Å². The van der Waals surface area contributed by atoms with Crippen molar-refractivity contribution in [1.29, 1.82) is 0 Å². The summed E-state index contributed by atoms with van der Waals surface area (Å²) in [6, 6.07) is 13.3. The number of allylic oxidation sites excluding steroid dienone is 8. The quantitative estimate of drug-likeness (QED) is 0.0781. The van der Waals surface area contributed by atoms with Crippen LogP contribution in [0.5, 0.6) is 0 Å². The highest BCUT2D eigenvalue weighted by Gasteiger charge is 2.44. The van der Waals surface area contributed by atoms with Crippen LogP contribution in [-0.2, 0) is 31.1 Å². The Morgan fingerprint density at radius 3 is 2.16 bits per heavy atom. The Morgan fingerprint density at radius 1 is 0.857 bits per heavy atom. The zero-order chi connectivity index (χ0) is 36.2. The molecule has 0 bridgehead atoms. The van der Waals surface area contributed by atoms with Crippen LogP contribution in [0, 0.1) is 0 Å². The van der Waals surface area contributed by atoms with Gasteiger partial charge in [0.2, 0.25) is 5.69 Å². The SMILES string of the molecule is CC(/C=C/C=C1/N(CCCCS(=O)(=O)O)c2ccc(C(=O)O)cc2C1(C)C)=C\C=C\C1=[N+](CCCCS(=O)(=O)O)c2ccccc2C1(C)C. The Labute approximate surface area is 290 Å². The minimum atomic E-state index is -4.06. The fourth-order valence-corrected chi connectivity index (χ4v) is 7.82. The summed E-state index contributed by atoms with van der Waals surface area (Å²) < 4.78 is 65.5. The third kappa shape index (κ3) is 9.24. The molecule has 2 aromatic rings. The monoisotopic (exact) mass is 711 g/mol. The summed E-state index contributed by atoms with van der Waals surface area (Å²) in [7, 11) is -8.06. The average Bonchev–Trinajstić information content (AvgIpc) is 3.35. The summed E-state index contributed by atoms with van der Waals surface area (Å²) in [6.45, 7) is 11.5. The molecule has 2 aromatic carbocycles. The second-order valence-electron chi connectivity index (χ2n) is 13.7. The Hall–Kier alpha value is -3.84. The molecule has 0 amide bonds. The van der Waals surface area contributed by atoms with E-state index >= 15 is 0 Å². The van der Waals surface area contributed by atoms with Crippen molar-refractivity contribution in [3.8, 4) is 0 Å². The highest BCUT2D eigenvalue weighted by molar-refractivity contribution is 7.86. The van der Waals surface area contributed by atoms with E-state index < -0.39 is 31.6 Å². The van der Waals surface area contributed by atoms with Crippen molar-refractivity contribution in [3.05, 3.63) is 107 Å². The Kier molecular flexibility index (Phi) is 11.6. The number of rotatable bonds is 15. The standard InChI is InChI=1S/C37H46N2O8S2/c1-27(14-12-18-33-36(2,3)29-16-6-7-17-31(29)38(33)22-8-10-24-48(42,43)44)15-13-19-34-37(4,5)30-26-28(35(40)41)20-21-32(30)39(34)23-9-11-25-49(45,46)47/h6-7,12-21,26H,8-11,22-25H2,1-5H3,(H2-,40,41,42,43,44,45,46,47)/p+1. The molecule has 0 radical (unpaired) electrons. The molecule has 2 aliphatic heterocycles. The van der Waals surface area contributed by atoms with Gasteiger partial charge in [-0.3, -0.25) is 9.11 Å². The predicted molar refractivity (Wildman–Crippen MR) is 194 cm³/mol. The summed E-state index contributed by atoms with van der Waals surface area (Å²) in [5.74, 6) is -1.59. The van der Waals surface area contributed by atoms with Crippen molar-refractivity contribution in [2.45, 2.75) is 71.1 Å². The number of benzene rings is 2. The first-order valence-electron chi connectivity index (χ1n) is 16.4. The van der Waals surface area contributed by atoms with Gasteiger partial charge in [0.25, 0.3) is 20.2 Å². The number of nitrogens with zero attached hydrogens (tertiary/aromatic N) is 2. The number of anilines is 1. The molecule has 0 atom stereocenters. The van der Waals surface area contributed by atoms with Crippen molar-refractivity contribution in [2.75, 3.05) is 29.5 Å². The molecule has 12 heteroatoms. The number of unbranched alkanes of at least 4 members (excludes halogenated alkanes) is 2. The summed E-state index contributed by atoms with van der Waals surface area (Å²) in [6.07, 6.45) is 13.8. The van der Waals surface area contributed by atoms with Gasteiger partial charge in [0.1, 0.15) is 6.54 Å². The highest BCUT2D eigenvalue weighted by Crippen LogP contribution is 2.48. The van der Waals surface area contributed by atoms with Gasteiger partial charge in [-0.1, -0.05) is 61.9 Å². The van der Waals surface area contributed by atoms with Gasteiger partial charge in [-0.2, -0.15) is 21.4 Å². The lowest BCUT2D eigenvalue weighted by atomic mass is 9.81. The molecular weight excluding hydrogens is 665 g/mol. The number of hydrogen-bond acceptors (Lipinski definition) is 6. The molecule has 10 nitrogen and oxygen atoms in total. The molecule has 0 saturated carbocycles. The van der Waals surface area contributed by atoms with Gasteiger partial charge in [-0.25, -0.2) is 4.79 Å². The second-order valence-corrected chi connectivity index (χ2v) is 16.8. The lowest BCUT2D eigenvalue weighted by Gasteiger charge is -2.27. The molecule has 0 spiro atoms. The van der Waals surface area contributed by atoms with E-state index in [4.69, 9.17) is 9.11 Å². The molecule has 2 heterocycles. The van der Waals surface area contributed by atoms with Crippen molar-refractivity contribution in [1.82, 2.24) is 0 Å². The van der Waals surface area contributed by atoms with Crippen LogP contribution in [0.25, 0.3) is 0 Å². The lowest BCUT2D eigenvalue weighted by molar-refractivity contribution is -0.438. The first kappa shape index (κ1) is 38.0. The van der Waals surface area contributed by atoms with E-state index in [0.29, 0.717) is 38.8 Å². The van der Waals surface area contributed by atoms with Crippen molar-refractivity contribution in [2.24, 2.45) is 0 Å². The Morgan fingerprint density at radius 2 is 1.51 bits per heavy atom. The van der Waals surface area contributed by atoms with Gasteiger partial charge < -0.3 is 10.0 Å². The number of hydrogen-bond donors (Lipinski definition) is 3. The first-order valence-corrected chi connectivity index (χ1v) is 19.6. The topological polar surface area (TPSA) is 152 Å². The summed E-state index contributed by atoms with van der Waals surface area (Å²) in [5.41, 5.74) is 6.45. The maximum absolute atomic E-state index is 11.7. The van der Waals surface area contributed by atoms with Crippen LogP contribution in [0.15, 0.2) is 90.2 Å². The second kappa shape index (κ2) is 15.0. The van der Waals surface area contributed by atoms with Gasteiger partial charge in [0, 0.05) is 47.5 Å². The Bertz CT molecular complexity index is 1970. The maximum atomic E-state index is 11.7. The van der Waals surface area contributed by atoms with Crippen LogP contribution in [-0.4, -0.2) is 71.9 Å². The molecule has 0 fully saturated rings. The molecule has 3 N–H and O–H groups in total. The van der Waals surface area contributed by atoms with Gasteiger partial charge >= 0.3 is 5.97 Å². The zero-order valence-electron chi connectivity index (χ0n) is 28.8. The van der Waals surface area contributed by atoms with Crippen LogP contribution in [0.1, 0.15) is 81.8 Å². The molecular formula is C37H47N2O8S2+. The van der Waals surface area contributed by atoms with Crippen LogP contribution in [0.2, 0.25) is 0 Å². The van der Waals surface area contributed by atoms with Gasteiger partial charge in [0.15, 0.2) is 5.71 Å². The minimum absolute atomic E-state index is 0.198. The van der Waals surface area contributed by atoms with E-state index in [1.54, 1.807) is 18.2 Å². The highest BCUT2D eigenvalue weighted by atomic mass is 32.2.